The Balaban J connectivity index is 2.22. The molecule has 1 aromatic carbocycles. The van der Waals surface area contributed by atoms with E-state index in [4.69, 9.17) is 10.0 Å². The van der Waals surface area contributed by atoms with E-state index in [0.717, 1.165) is 0 Å². The van der Waals surface area contributed by atoms with Crippen molar-refractivity contribution in [2.45, 2.75) is 6.92 Å². The number of Topliss-reactive ketones (excluding diaryl/α,β-unsaturated/α-hetero) is 2. The first-order chi connectivity index (χ1) is 11.8. The van der Waals surface area contributed by atoms with Gasteiger partial charge in [0.2, 0.25) is 0 Å². The number of benzene rings is 1. The van der Waals surface area contributed by atoms with Crippen LogP contribution in [-0.4, -0.2) is 46.6 Å². The van der Waals surface area contributed by atoms with Gasteiger partial charge in [0.1, 0.15) is 0 Å². The molecule has 0 saturated heterocycles. The van der Waals surface area contributed by atoms with Crippen molar-refractivity contribution in [3.63, 3.8) is 0 Å². The second kappa shape index (κ2) is 8.84. The highest BCUT2D eigenvalue weighted by atomic mass is 79.9. The molecule has 0 bridgehead atoms. The Bertz CT molecular complexity index is 760. The summed E-state index contributed by atoms with van der Waals surface area (Å²) in [7, 11) is -3.58. The lowest BCUT2D eigenvalue weighted by Crippen LogP contribution is -2.31. The maximum absolute atomic E-state index is 12.7. The van der Waals surface area contributed by atoms with Crippen molar-refractivity contribution in [2.24, 2.45) is 5.50 Å². The van der Waals surface area contributed by atoms with E-state index in [2.05, 4.69) is 31.9 Å². The minimum atomic E-state index is -3.58. The van der Waals surface area contributed by atoms with Crippen molar-refractivity contribution in [2.75, 3.05) is 30.4 Å². The summed E-state index contributed by atoms with van der Waals surface area (Å²) in [4.78, 5) is 25.1. The van der Waals surface area contributed by atoms with Crippen LogP contribution in [0.4, 0.5) is 0 Å². The van der Waals surface area contributed by atoms with Crippen molar-refractivity contribution in [3.8, 4) is 0 Å². The number of nitrogens with two attached hydrogens (primary N) is 1. The molecular formula is C16H19Br2N2O4P. The monoisotopic (exact) mass is 492 g/mol. The standard InChI is InChI=1S/C16H19Br2N2O4P/c1-11-14(10-24-25(19,23)20(8-6-17)9-7-18)16(22)13-5-3-2-4-12(13)15(11)21/h2-5H,6-10H2,1H3,(H2,19,23). The molecule has 0 fully saturated rings. The van der Waals surface area contributed by atoms with Gasteiger partial charge in [0.25, 0.3) is 0 Å². The highest BCUT2D eigenvalue weighted by Crippen LogP contribution is 2.43. The van der Waals surface area contributed by atoms with E-state index >= 15 is 0 Å². The lowest BCUT2D eigenvalue weighted by atomic mass is 9.85. The van der Waals surface area contributed by atoms with Gasteiger partial charge in [-0.15, -0.1) is 0 Å². The summed E-state index contributed by atoms with van der Waals surface area (Å²) in [5.74, 6) is -0.515. The number of carbonyl (C=O) groups is 2. The van der Waals surface area contributed by atoms with E-state index in [1.807, 2.05) is 0 Å². The lowest BCUT2D eigenvalue weighted by Gasteiger charge is -2.27. The molecule has 2 rings (SSSR count). The summed E-state index contributed by atoms with van der Waals surface area (Å²) in [6.07, 6.45) is 0. The topological polar surface area (TPSA) is 89.7 Å². The molecule has 2 N–H and O–H groups in total. The largest absolute Gasteiger partial charge is 0.341 e. The fourth-order valence-electron chi connectivity index (χ4n) is 2.55. The van der Waals surface area contributed by atoms with Gasteiger partial charge in [-0.2, -0.15) is 0 Å². The molecule has 1 unspecified atom stereocenters. The fourth-order valence-corrected chi connectivity index (χ4v) is 5.19. The molecule has 1 aliphatic carbocycles. The molecule has 0 spiro atoms. The number of alkyl halides is 2. The van der Waals surface area contributed by atoms with Crippen LogP contribution in [0.3, 0.4) is 0 Å². The van der Waals surface area contributed by atoms with Gasteiger partial charge in [-0.3, -0.25) is 14.2 Å². The third-order valence-corrected chi connectivity index (χ3v) is 6.35. The molecular weight excluding hydrogens is 475 g/mol. The highest BCUT2D eigenvalue weighted by Gasteiger charge is 2.32. The van der Waals surface area contributed by atoms with Gasteiger partial charge in [0.05, 0.1) is 6.61 Å². The van der Waals surface area contributed by atoms with Gasteiger partial charge < -0.3 is 4.52 Å². The minimum absolute atomic E-state index is 0.201. The van der Waals surface area contributed by atoms with Crippen LogP contribution in [0.15, 0.2) is 35.4 Å². The molecule has 9 heteroatoms. The zero-order valence-electron chi connectivity index (χ0n) is 13.7. The van der Waals surface area contributed by atoms with Crippen molar-refractivity contribution in [1.82, 2.24) is 4.67 Å². The molecule has 0 heterocycles. The minimum Gasteiger partial charge on any atom is -0.301 e. The van der Waals surface area contributed by atoms with Gasteiger partial charge in [-0.05, 0) is 6.92 Å². The Morgan fingerprint density at radius 1 is 1.08 bits per heavy atom. The number of allylic oxidation sites excluding steroid dienone is 1. The quantitative estimate of drug-likeness (QED) is 0.440. The number of ketones is 2. The highest BCUT2D eigenvalue weighted by molar-refractivity contribution is 9.09. The molecule has 0 aromatic heterocycles. The number of fused-ring (bicyclic) bond motifs is 1. The van der Waals surface area contributed by atoms with Gasteiger partial charge in [-0.25, -0.2) is 10.2 Å². The molecule has 0 radical (unpaired) electrons. The van der Waals surface area contributed by atoms with Crippen LogP contribution < -0.4 is 5.50 Å². The van der Waals surface area contributed by atoms with Gasteiger partial charge in [0.15, 0.2) is 11.6 Å². The van der Waals surface area contributed by atoms with E-state index in [0.29, 0.717) is 40.4 Å². The predicted octanol–water partition coefficient (Wildman–Crippen LogP) is 3.56. The Morgan fingerprint density at radius 3 is 2.12 bits per heavy atom. The first-order valence-electron chi connectivity index (χ1n) is 7.62. The molecule has 136 valence electrons. The predicted molar refractivity (Wildman–Crippen MR) is 105 cm³/mol. The first kappa shape index (κ1) is 20.7. The van der Waals surface area contributed by atoms with E-state index in [-0.39, 0.29) is 23.7 Å². The summed E-state index contributed by atoms with van der Waals surface area (Å²) in [5.41, 5.74) is 7.09. The summed E-state index contributed by atoms with van der Waals surface area (Å²) in [6.45, 7) is 2.19. The van der Waals surface area contributed by atoms with Crippen LogP contribution in [-0.2, 0) is 9.09 Å². The van der Waals surface area contributed by atoms with E-state index < -0.39 is 7.67 Å². The van der Waals surface area contributed by atoms with Crippen molar-refractivity contribution < 1.29 is 18.7 Å². The maximum atomic E-state index is 12.7. The number of halogens is 2. The van der Waals surface area contributed by atoms with Crippen LogP contribution >= 0.6 is 39.5 Å². The summed E-state index contributed by atoms with van der Waals surface area (Å²) in [6, 6.07) is 6.64. The molecule has 1 aliphatic rings. The number of hydrogen-bond acceptors (Lipinski definition) is 4. The van der Waals surface area contributed by atoms with Crippen LogP contribution in [0, 0.1) is 0 Å². The van der Waals surface area contributed by atoms with E-state index in [1.54, 1.807) is 31.2 Å². The Labute approximate surface area is 163 Å². The van der Waals surface area contributed by atoms with Crippen LogP contribution in [0.1, 0.15) is 27.6 Å². The number of nitrogens with zero attached hydrogens (tertiary/aromatic N) is 1. The Hall–Kier alpha value is -0.630. The van der Waals surface area contributed by atoms with Gasteiger partial charge in [-0.1, -0.05) is 56.1 Å². The Kier molecular flexibility index (Phi) is 7.31. The normalized spacial score (nSPS) is 17.0. The van der Waals surface area contributed by atoms with Crippen LogP contribution in [0.25, 0.3) is 0 Å². The van der Waals surface area contributed by atoms with Crippen LogP contribution in [0.2, 0.25) is 0 Å². The second-order valence-corrected chi connectivity index (χ2v) is 9.01. The average Bonchev–Trinajstić information content (AvgIpc) is 2.59. The maximum Gasteiger partial charge on any atom is 0.341 e. The molecule has 6 nitrogen and oxygen atoms in total. The number of rotatable bonds is 8. The average molecular weight is 494 g/mol. The van der Waals surface area contributed by atoms with Crippen molar-refractivity contribution in [1.29, 1.82) is 0 Å². The third kappa shape index (κ3) is 4.56. The third-order valence-electron chi connectivity index (χ3n) is 3.96. The first-order valence-corrected chi connectivity index (χ1v) is 11.5. The Morgan fingerprint density at radius 2 is 1.60 bits per heavy atom. The molecule has 1 atom stereocenters. The number of carbonyl (C=O) groups excluding carboxylic acids is 2. The van der Waals surface area contributed by atoms with Crippen molar-refractivity contribution in [3.05, 3.63) is 46.5 Å². The molecule has 0 aliphatic heterocycles. The molecule has 1 aromatic rings. The summed E-state index contributed by atoms with van der Waals surface area (Å²) >= 11 is 6.58. The summed E-state index contributed by atoms with van der Waals surface area (Å²) in [5, 5.41) is 1.16. The van der Waals surface area contributed by atoms with E-state index in [9.17, 15) is 14.2 Å². The molecule has 0 saturated carbocycles. The van der Waals surface area contributed by atoms with Crippen molar-refractivity contribution >= 4 is 51.1 Å². The second-order valence-electron chi connectivity index (χ2n) is 5.48. The summed E-state index contributed by atoms with van der Waals surface area (Å²) < 4.78 is 19.6. The zero-order chi connectivity index (χ0) is 18.6. The smallest absolute Gasteiger partial charge is 0.301 e. The SMILES string of the molecule is CC1=C(COP(N)(=O)N(CCBr)CCBr)C(=O)c2ccccc2C1=O. The number of hydrogen-bond donors (Lipinski definition) is 1. The van der Waals surface area contributed by atoms with Gasteiger partial charge >= 0.3 is 7.67 Å². The van der Waals surface area contributed by atoms with Gasteiger partial charge in [0, 0.05) is 46.0 Å². The zero-order valence-corrected chi connectivity index (χ0v) is 17.8. The fraction of sp³-hybridized carbons (Fsp3) is 0.375. The molecule has 0 amide bonds. The van der Waals surface area contributed by atoms with E-state index in [1.165, 1.54) is 4.67 Å². The molecule has 25 heavy (non-hydrogen) atoms. The lowest BCUT2D eigenvalue weighted by molar-refractivity contribution is 0.0964. The van der Waals surface area contributed by atoms with Crippen LogP contribution in [0.5, 0.6) is 0 Å².